The van der Waals surface area contributed by atoms with Crippen LogP contribution in [0.4, 0.5) is 19.3 Å². The molecule has 1 amide bonds. The van der Waals surface area contributed by atoms with E-state index in [4.69, 9.17) is 9.84 Å². The van der Waals surface area contributed by atoms with Crippen molar-refractivity contribution in [2.75, 3.05) is 6.61 Å². The molecular weight excluding hydrogens is 306 g/mol. The zero-order valence-electron chi connectivity index (χ0n) is 11.5. The lowest BCUT2D eigenvalue weighted by molar-refractivity contribution is -0.386. The Morgan fingerprint density at radius 3 is 2.91 bits per heavy atom. The van der Waals surface area contributed by atoms with Gasteiger partial charge in [0.05, 0.1) is 11.0 Å². The van der Waals surface area contributed by atoms with Gasteiger partial charge >= 0.3 is 11.8 Å². The van der Waals surface area contributed by atoms with E-state index < -0.39 is 35.7 Å². The van der Waals surface area contributed by atoms with Crippen LogP contribution < -0.4 is 5.32 Å². The maximum absolute atomic E-state index is 13.9. The third kappa shape index (κ3) is 3.13. The Morgan fingerprint density at radius 2 is 2.32 bits per heavy atom. The van der Waals surface area contributed by atoms with Gasteiger partial charge in [0.25, 0.3) is 5.92 Å². The first kappa shape index (κ1) is 16.1. The van der Waals surface area contributed by atoms with E-state index in [1.54, 1.807) is 5.32 Å². The smallest absolute Gasteiger partial charge is 0.405 e. The Morgan fingerprint density at radius 1 is 1.64 bits per heavy atom. The molecule has 2 atom stereocenters. The predicted octanol–water partition coefficient (Wildman–Crippen LogP) is 1.45. The summed E-state index contributed by atoms with van der Waals surface area (Å²) in [7, 11) is 1.45. The van der Waals surface area contributed by atoms with E-state index in [1.165, 1.54) is 11.7 Å². The molecular formula is C11H14F2N4O5. The lowest BCUT2D eigenvalue weighted by Gasteiger charge is -2.23. The van der Waals surface area contributed by atoms with E-state index in [0.29, 0.717) is 0 Å². The summed E-state index contributed by atoms with van der Waals surface area (Å²) >= 11 is 0. The Balaban J connectivity index is 2.25. The molecule has 0 bridgehead atoms. The molecule has 122 valence electrons. The highest BCUT2D eigenvalue weighted by atomic mass is 19.3. The molecule has 0 aliphatic carbocycles. The fourth-order valence-corrected chi connectivity index (χ4v) is 2.42. The van der Waals surface area contributed by atoms with Gasteiger partial charge in [0.1, 0.15) is 24.6 Å². The molecule has 1 saturated heterocycles. The van der Waals surface area contributed by atoms with Crippen LogP contribution in [0.15, 0.2) is 6.20 Å². The van der Waals surface area contributed by atoms with E-state index in [-0.39, 0.29) is 24.2 Å². The summed E-state index contributed by atoms with van der Waals surface area (Å²) in [6, 6.07) is -1.61. The van der Waals surface area contributed by atoms with Crippen molar-refractivity contribution in [2.24, 2.45) is 7.05 Å². The monoisotopic (exact) mass is 320 g/mol. The highest BCUT2D eigenvalue weighted by Gasteiger charge is 2.45. The number of amides is 1. The molecule has 11 heteroatoms. The first-order chi connectivity index (χ1) is 10.2. The number of nitrogens with zero attached hydrogens (tertiary/aromatic N) is 3. The van der Waals surface area contributed by atoms with E-state index >= 15 is 0 Å². The van der Waals surface area contributed by atoms with Crippen LogP contribution in [0, 0.1) is 10.1 Å². The molecule has 1 aliphatic heterocycles. The highest BCUT2D eigenvalue weighted by Crippen LogP contribution is 2.37. The van der Waals surface area contributed by atoms with Gasteiger partial charge < -0.3 is 15.2 Å². The second-order valence-corrected chi connectivity index (χ2v) is 4.94. The van der Waals surface area contributed by atoms with E-state index in [0.717, 1.165) is 6.20 Å². The van der Waals surface area contributed by atoms with Gasteiger partial charge in [-0.3, -0.25) is 14.8 Å². The minimum Gasteiger partial charge on any atom is -0.465 e. The fourth-order valence-electron chi connectivity index (χ4n) is 2.42. The van der Waals surface area contributed by atoms with Crippen LogP contribution in [-0.4, -0.2) is 44.5 Å². The molecule has 1 aliphatic rings. The van der Waals surface area contributed by atoms with Crippen LogP contribution in [-0.2, 0) is 11.8 Å². The Bertz CT molecular complexity index is 591. The fraction of sp³-hybridized carbons (Fsp3) is 0.636. The summed E-state index contributed by atoms with van der Waals surface area (Å²) in [5, 5.41) is 25.1. The van der Waals surface area contributed by atoms with Crippen molar-refractivity contribution in [3.63, 3.8) is 0 Å². The average molecular weight is 320 g/mol. The number of hydrogen-bond donors (Lipinski definition) is 2. The Hall–Kier alpha value is -2.30. The summed E-state index contributed by atoms with van der Waals surface area (Å²) in [6.45, 7) is -1.04. The van der Waals surface area contributed by atoms with Gasteiger partial charge in [-0.1, -0.05) is 0 Å². The van der Waals surface area contributed by atoms with Gasteiger partial charge in [0, 0.05) is 7.05 Å². The van der Waals surface area contributed by atoms with Crippen molar-refractivity contribution in [2.45, 2.75) is 30.9 Å². The summed E-state index contributed by atoms with van der Waals surface area (Å²) in [6.07, 6.45) is -1.71. The largest absolute Gasteiger partial charge is 0.465 e. The number of rotatable bonds is 3. The van der Waals surface area contributed by atoms with Crippen LogP contribution in [0.1, 0.15) is 24.6 Å². The quantitative estimate of drug-likeness (QED) is 0.642. The van der Waals surface area contributed by atoms with E-state index in [1.807, 2.05) is 0 Å². The lowest BCUT2D eigenvalue weighted by Crippen LogP contribution is -2.48. The summed E-state index contributed by atoms with van der Waals surface area (Å²) < 4.78 is 34.0. The second kappa shape index (κ2) is 5.83. The number of aryl methyl sites for hydroxylation is 1. The van der Waals surface area contributed by atoms with Crippen LogP contribution >= 0.6 is 0 Å². The summed E-state index contributed by atoms with van der Waals surface area (Å²) in [4.78, 5) is 20.9. The van der Waals surface area contributed by atoms with Crippen LogP contribution in [0.3, 0.4) is 0 Å². The van der Waals surface area contributed by atoms with Gasteiger partial charge in [0.15, 0.2) is 0 Å². The summed E-state index contributed by atoms with van der Waals surface area (Å²) in [5.41, 5.74) is -0.239. The topological polar surface area (TPSA) is 120 Å². The van der Waals surface area contributed by atoms with Gasteiger partial charge in [-0.2, -0.15) is 5.10 Å². The number of hydrogen-bond acceptors (Lipinski definition) is 5. The maximum atomic E-state index is 13.9. The highest BCUT2D eigenvalue weighted by molar-refractivity contribution is 5.65. The third-order valence-electron chi connectivity index (χ3n) is 3.47. The molecule has 0 unspecified atom stereocenters. The number of carbonyl (C=O) groups is 1. The molecule has 0 radical (unpaired) electrons. The molecule has 2 N–H and O–H groups in total. The van der Waals surface area contributed by atoms with Crippen molar-refractivity contribution in [1.29, 1.82) is 0 Å². The normalized spacial score (nSPS) is 24.5. The minimum atomic E-state index is -3.40. The van der Waals surface area contributed by atoms with Crippen molar-refractivity contribution in [1.82, 2.24) is 15.1 Å². The van der Waals surface area contributed by atoms with Crippen molar-refractivity contribution in [3.8, 4) is 0 Å². The Labute approximate surface area is 123 Å². The van der Waals surface area contributed by atoms with Gasteiger partial charge in [-0.05, 0) is 12.8 Å². The van der Waals surface area contributed by atoms with Gasteiger partial charge in [-0.25, -0.2) is 13.6 Å². The molecule has 1 aromatic rings. The molecule has 2 heterocycles. The number of aromatic nitrogens is 2. The standard InChI is InChI=1S/C11H14F2N4O5/c1-16-9(6(4-14-16)17(20)21)7-2-3-8(15-10(18)19)11(12,13)5-22-7/h4,7-8,15H,2-3,5H2,1H3,(H,18,19)/t7-,8+/m1/s1. The molecule has 0 saturated carbocycles. The summed E-state index contributed by atoms with van der Waals surface area (Å²) in [5.74, 6) is -3.40. The molecule has 2 rings (SSSR count). The van der Waals surface area contributed by atoms with Crippen molar-refractivity contribution < 1.29 is 28.3 Å². The number of halogens is 2. The first-order valence-corrected chi connectivity index (χ1v) is 6.37. The van der Waals surface area contributed by atoms with Crippen LogP contribution in [0.5, 0.6) is 0 Å². The SMILES string of the molecule is Cn1ncc([N+](=O)[O-])c1[C@H]1CC[C@H](NC(=O)O)C(F)(F)CO1. The van der Waals surface area contributed by atoms with E-state index in [2.05, 4.69) is 5.10 Å². The zero-order valence-corrected chi connectivity index (χ0v) is 11.5. The molecule has 0 spiro atoms. The zero-order chi connectivity index (χ0) is 16.5. The first-order valence-electron chi connectivity index (χ1n) is 6.37. The molecule has 0 aromatic carbocycles. The van der Waals surface area contributed by atoms with Crippen molar-refractivity contribution >= 4 is 11.8 Å². The average Bonchev–Trinajstić information content (AvgIpc) is 2.72. The number of alkyl halides is 2. The number of carboxylic acid groups (broad SMARTS) is 1. The van der Waals surface area contributed by atoms with E-state index in [9.17, 15) is 23.7 Å². The van der Waals surface area contributed by atoms with Crippen LogP contribution in [0.2, 0.25) is 0 Å². The maximum Gasteiger partial charge on any atom is 0.405 e. The minimum absolute atomic E-state index is 0.000903. The van der Waals surface area contributed by atoms with Gasteiger partial charge in [-0.15, -0.1) is 0 Å². The number of ether oxygens (including phenoxy) is 1. The van der Waals surface area contributed by atoms with Gasteiger partial charge in [0.2, 0.25) is 0 Å². The second-order valence-electron chi connectivity index (χ2n) is 4.94. The third-order valence-corrected chi connectivity index (χ3v) is 3.47. The number of nitrogens with one attached hydrogen (secondary N) is 1. The van der Waals surface area contributed by atoms with Crippen molar-refractivity contribution in [3.05, 3.63) is 22.0 Å². The Kier molecular flexibility index (Phi) is 4.26. The predicted molar refractivity (Wildman–Crippen MR) is 67.7 cm³/mol. The molecule has 22 heavy (non-hydrogen) atoms. The van der Waals surface area contributed by atoms with Crippen LogP contribution in [0.25, 0.3) is 0 Å². The number of nitro groups is 1. The molecule has 1 fully saturated rings. The lowest BCUT2D eigenvalue weighted by atomic mass is 10.0. The molecule has 1 aromatic heterocycles. The molecule has 9 nitrogen and oxygen atoms in total.